The topological polar surface area (TPSA) is 46.5 Å². The van der Waals surface area contributed by atoms with Gasteiger partial charge in [0.1, 0.15) is 0 Å². The van der Waals surface area contributed by atoms with E-state index in [9.17, 15) is 4.79 Å². The van der Waals surface area contributed by atoms with E-state index in [1.807, 2.05) is 13.8 Å². The third kappa shape index (κ3) is 7.04. The Hall–Kier alpha value is -1.31. The number of hydrogen-bond donors (Lipinski definition) is 1. The number of carbonyl (C=O) groups is 1. The van der Waals surface area contributed by atoms with Gasteiger partial charge in [0.05, 0.1) is 19.6 Å². The zero-order valence-corrected chi connectivity index (χ0v) is 10.3. The van der Waals surface area contributed by atoms with Crippen LogP contribution in [0.1, 0.15) is 33.6 Å². The van der Waals surface area contributed by atoms with Crippen molar-refractivity contribution in [3.8, 4) is 0 Å². The van der Waals surface area contributed by atoms with Gasteiger partial charge in [-0.05, 0) is 43.9 Å². The molecule has 0 atom stereocenters. The number of carbonyl (C=O) groups excluding carboxylic acids is 1. The number of esters is 1. The standard InChI is InChI=1S/C13H20O3/c1-5-16-13(15)8-12(6-10(2)3)7-11(4)9-14/h14H,4-5,7-9H2,1-3H3. The molecule has 90 valence electrons. The zero-order valence-electron chi connectivity index (χ0n) is 10.3. The molecule has 0 saturated heterocycles. The van der Waals surface area contributed by atoms with Gasteiger partial charge in [0.25, 0.3) is 0 Å². The van der Waals surface area contributed by atoms with E-state index in [1.54, 1.807) is 6.92 Å². The minimum Gasteiger partial charge on any atom is -0.466 e. The summed E-state index contributed by atoms with van der Waals surface area (Å²) in [5, 5.41) is 8.89. The van der Waals surface area contributed by atoms with Crippen LogP contribution < -0.4 is 0 Å². The summed E-state index contributed by atoms with van der Waals surface area (Å²) in [6.45, 7) is 9.60. The third-order valence-corrected chi connectivity index (χ3v) is 1.78. The molecular formula is C13H20O3. The molecule has 0 spiro atoms. The molecule has 0 aliphatic heterocycles. The summed E-state index contributed by atoms with van der Waals surface area (Å²) in [6.07, 6.45) is 0.693. The van der Waals surface area contributed by atoms with Crippen LogP contribution >= 0.6 is 0 Å². The van der Waals surface area contributed by atoms with E-state index in [4.69, 9.17) is 9.84 Å². The molecule has 0 aromatic heterocycles. The number of ether oxygens (including phenoxy) is 1. The molecule has 0 radical (unpaired) electrons. The molecule has 0 unspecified atom stereocenters. The SMILES string of the molecule is C=C(CO)CC(=C=C(C)C)CC(=O)OCC. The largest absolute Gasteiger partial charge is 0.466 e. The molecule has 0 fully saturated rings. The maximum Gasteiger partial charge on any atom is 0.310 e. The first kappa shape index (κ1) is 14.7. The molecule has 0 aromatic carbocycles. The summed E-state index contributed by atoms with van der Waals surface area (Å²) in [5.74, 6) is -0.267. The summed E-state index contributed by atoms with van der Waals surface area (Å²) in [4.78, 5) is 11.3. The van der Waals surface area contributed by atoms with Crippen LogP contribution in [0.4, 0.5) is 0 Å². The number of hydrogen-bond acceptors (Lipinski definition) is 3. The van der Waals surface area contributed by atoms with Crippen LogP contribution in [0.2, 0.25) is 0 Å². The highest BCUT2D eigenvalue weighted by Gasteiger charge is 2.07. The van der Waals surface area contributed by atoms with Crippen molar-refractivity contribution in [2.45, 2.75) is 33.6 Å². The van der Waals surface area contributed by atoms with E-state index < -0.39 is 0 Å². The molecule has 3 heteroatoms. The number of aliphatic hydroxyl groups excluding tert-OH is 1. The van der Waals surface area contributed by atoms with E-state index in [-0.39, 0.29) is 19.0 Å². The minimum absolute atomic E-state index is 0.0727. The molecule has 0 amide bonds. The predicted molar refractivity (Wildman–Crippen MR) is 64.0 cm³/mol. The summed E-state index contributed by atoms with van der Waals surface area (Å²) in [6, 6.07) is 0. The molecule has 0 rings (SSSR count). The maximum absolute atomic E-state index is 11.3. The van der Waals surface area contributed by atoms with Gasteiger partial charge in [0.2, 0.25) is 0 Å². The molecule has 0 saturated carbocycles. The van der Waals surface area contributed by atoms with Gasteiger partial charge < -0.3 is 9.84 Å². The molecular weight excluding hydrogens is 204 g/mol. The first-order chi connectivity index (χ1) is 7.49. The van der Waals surface area contributed by atoms with E-state index in [0.29, 0.717) is 18.6 Å². The van der Waals surface area contributed by atoms with Gasteiger partial charge in [-0.3, -0.25) is 4.79 Å². The van der Waals surface area contributed by atoms with Crippen molar-refractivity contribution in [3.05, 3.63) is 29.0 Å². The summed E-state index contributed by atoms with van der Waals surface area (Å²) >= 11 is 0. The molecule has 3 nitrogen and oxygen atoms in total. The fourth-order valence-corrected chi connectivity index (χ4v) is 1.25. The van der Waals surface area contributed by atoms with Gasteiger partial charge in [0, 0.05) is 0 Å². The van der Waals surface area contributed by atoms with Crippen molar-refractivity contribution in [2.75, 3.05) is 13.2 Å². The van der Waals surface area contributed by atoms with Crippen molar-refractivity contribution in [1.29, 1.82) is 0 Å². The smallest absolute Gasteiger partial charge is 0.310 e. The second-order valence-electron chi connectivity index (χ2n) is 3.80. The van der Waals surface area contributed by atoms with Crippen molar-refractivity contribution in [2.24, 2.45) is 0 Å². The monoisotopic (exact) mass is 224 g/mol. The maximum atomic E-state index is 11.3. The number of rotatable bonds is 6. The average Bonchev–Trinajstić information content (AvgIpc) is 2.16. The van der Waals surface area contributed by atoms with Gasteiger partial charge in [-0.1, -0.05) is 6.58 Å². The highest BCUT2D eigenvalue weighted by molar-refractivity contribution is 5.72. The molecule has 16 heavy (non-hydrogen) atoms. The van der Waals surface area contributed by atoms with Gasteiger partial charge in [-0.25, -0.2) is 0 Å². The second-order valence-corrected chi connectivity index (χ2v) is 3.80. The predicted octanol–water partition coefficient (Wildman–Crippen LogP) is 2.37. The van der Waals surface area contributed by atoms with E-state index in [1.165, 1.54) is 0 Å². The molecule has 0 heterocycles. The lowest BCUT2D eigenvalue weighted by Gasteiger charge is -2.06. The average molecular weight is 224 g/mol. The first-order valence-corrected chi connectivity index (χ1v) is 5.34. The van der Waals surface area contributed by atoms with Crippen molar-refractivity contribution in [1.82, 2.24) is 0 Å². The van der Waals surface area contributed by atoms with Gasteiger partial charge in [-0.15, -0.1) is 5.73 Å². The van der Waals surface area contributed by atoms with Crippen LogP contribution in [0.5, 0.6) is 0 Å². The first-order valence-electron chi connectivity index (χ1n) is 5.34. The van der Waals surface area contributed by atoms with Crippen molar-refractivity contribution >= 4 is 5.97 Å². The van der Waals surface area contributed by atoms with Gasteiger partial charge in [-0.2, -0.15) is 0 Å². The highest BCUT2D eigenvalue weighted by Crippen LogP contribution is 2.13. The number of aliphatic hydroxyl groups is 1. The Kier molecular flexibility index (Phi) is 7.27. The van der Waals surface area contributed by atoms with E-state index in [0.717, 1.165) is 11.1 Å². The Morgan fingerprint density at radius 3 is 2.44 bits per heavy atom. The minimum atomic E-state index is -0.267. The second kappa shape index (κ2) is 7.91. The summed E-state index contributed by atoms with van der Waals surface area (Å²) in [5.41, 5.74) is 5.56. The van der Waals surface area contributed by atoms with E-state index >= 15 is 0 Å². The van der Waals surface area contributed by atoms with E-state index in [2.05, 4.69) is 12.3 Å². The Morgan fingerprint density at radius 1 is 1.38 bits per heavy atom. The van der Waals surface area contributed by atoms with Crippen LogP contribution in [0.15, 0.2) is 29.0 Å². The lowest BCUT2D eigenvalue weighted by molar-refractivity contribution is -0.142. The van der Waals surface area contributed by atoms with Crippen molar-refractivity contribution in [3.63, 3.8) is 0 Å². The summed E-state index contributed by atoms with van der Waals surface area (Å²) < 4.78 is 4.87. The van der Waals surface area contributed by atoms with Gasteiger partial charge in [0.15, 0.2) is 0 Å². The molecule has 0 aliphatic rings. The fourth-order valence-electron chi connectivity index (χ4n) is 1.25. The van der Waals surface area contributed by atoms with Crippen LogP contribution in [0, 0.1) is 0 Å². The van der Waals surface area contributed by atoms with Crippen LogP contribution in [-0.4, -0.2) is 24.3 Å². The molecule has 0 bridgehead atoms. The Labute approximate surface area is 97.1 Å². The molecule has 0 aliphatic carbocycles. The molecule has 0 aromatic rings. The van der Waals surface area contributed by atoms with Crippen molar-refractivity contribution < 1.29 is 14.6 Å². The van der Waals surface area contributed by atoms with Crippen LogP contribution in [0.3, 0.4) is 0 Å². The quantitative estimate of drug-likeness (QED) is 0.428. The normalized spacial score (nSPS) is 9.25. The zero-order chi connectivity index (χ0) is 12.6. The van der Waals surface area contributed by atoms with Crippen LogP contribution in [-0.2, 0) is 9.53 Å². The third-order valence-electron chi connectivity index (χ3n) is 1.78. The summed E-state index contributed by atoms with van der Waals surface area (Å²) in [7, 11) is 0. The Balaban J connectivity index is 4.65. The molecule has 1 N–H and O–H groups in total. The lowest BCUT2D eigenvalue weighted by Crippen LogP contribution is -2.05. The lowest BCUT2D eigenvalue weighted by atomic mass is 10.0. The Bertz CT molecular complexity index is 316. The Morgan fingerprint density at radius 2 is 2.00 bits per heavy atom. The van der Waals surface area contributed by atoms with Crippen LogP contribution in [0.25, 0.3) is 0 Å². The fraction of sp³-hybridized carbons (Fsp3) is 0.538. The van der Waals surface area contributed by atoms with Gasteiger partial charge >= 0.3 is 5.97 Å². The highest BCUT2D eigenvalue weighted by atomic mass is 16.5.